The maximum absolute atomic E-state index is 13.9. The highest BCUT2D eigenvalue weighted by atomic mass is 19.1. The van der Waals surface area contributed by atoms with E-state index in [4.69, 9.17) is 4.84 Å². The van der Waals surface area contributed by atoms with Crippen molar-refractivity contribution >= 4 is 17.3 Å². The van der Waals surface area contributed by atoms with Gasteiger partial charge >= 0.3 is 0 Å². The predicted molar refractivity (Wildman–Crippen MR) is 124 cm³/mol. The highest BCUT2D eigenvalue weighted by Gasteiger charge is 2.41. The van der Waals surface area contributed by atoms with Gasteiger partial charge in [0.25, 0.3) is 5.91 Å². The summed E-state index contributed by atoms with van der Waals surface area (Å²) in [5.74, 6) is -2.61. The van der Waals surface area contributed by atoms with E-state index in [1.54, 1.807) is 12.1 Å². The van der Waals surface area contributed by atoms with E-state index in [9.17, 15) is 13.6 Å². The number of carbonyl (C=O) groups excluding carboxylic acids is 1. The van der Waals surface area contributed by atoms with Crippen LogP contribution in [-0.2, 0) is 4.84 Å². The van der Waals surface area contributed by atoms with Gasteiger partial charge in [0.15, 0.2) is 0 Å². The molecule has 4 nitrogen and oxygen atoms in total. The summed E-state index contributed by atoms with van der Waals surface area (Å²) in [4.78, 5) is 18.2. The molecule has 33 heavy (non-hydrogen) atoms. The lowest BCUT2D eigenvalue weighted by atomic mass is 9.90. The third-order valence-corrected chi connectivity index (χ3v) is 6.57. The van der Waals surface area contributed by atoms with Crippen molar-refractivity contribution in [3.8, 4) is 11.1 Å². The number of carbonyl (C=O) groups is 1. The molecule has 0 bridgehead atoms. The van der Waals surface area contributed by atoms with Crippen molar-refractivity contribution in [1.29, 1.82) is 0 Å². The van der Waals surface area contributed by atoms with Crippen molar-refractivity contribution in [3.63, 3.8) is 0 Å². The topological polar surface area (TPSA) is 50.7 Å². The minimum absolute atomic E-state index is 0.113. The van der Waals surface area contributed by atoms with E-state index in [2.05, 4.69) is 28.7 Å². The third kappa shape index (κ3) is 4.13. The second kappa shape index (κ2) is 8.43. The zero-order valence-electron chi connectivity index (χ0n) is 18.3. The van der Waals surface area contributed by atoms with Crippen LogP contribution in [0.1, 0.15) is 53.6 Å². The molecule has 0 aromatic heterocycles. The number of oxime groups is 1. The minimum atomic E-state index is -0.894. The van der Waals surface area contributed by atoms with Crippen LogP contribution in [0.15, 0.2) is 65.8 Å². The van der Waals surface area contributed by atoms with Crippen LogP contribution < -0.4 is 5.32 Å². The lowest BCUT2D eigenvalue weighted by molar-refractivity contribution is -0.0126. The molecule has 3 aromatic carbocycles. The molecule has 1 aliphatic heterocycles. The Labute approximate surface area is 191 Å². The first-order chi connectivity index (χ1) is 15.9. The SMILES string of the molecule is Cc1ccc(C2=NOC3(CCCC3)C2)cc1-c1ccc(NC(=O)c2c(F)cccc2F)cc1. The van der Waals surface area contributed by atoms with Gasteiger partial charge in [-0.2, -0.15) is 0 Å². The quantitative estimate of drug-likeness (QED) is 0.489. The first-order valence-electron chi connectivity index (χ1n) is 11.2. The Morgan fingerprint density at radius 2 is 1.64 bits per heavy atom. The van der Waals surface area contributed by atoms with Crippen LogP contribution in [0.2, 0.25) is 0 Å². The highest BCUT2D eigenvalue weighted by molar-refractivity contribution is 6.05. The molecule has 1 heterocycles. The molecule has 3 aromatic rings. The molecule has 0 atom stereocenters. The third-order valence-electron chi connectivity index (χ3n) is 6.57. The standard InChI is InChI=1S/C27H24F2N2O2/c1-17-7-8-19(24-16-27(33-31-24)13-2-3-14-27)15-21(17)18-9-11-20(12-10-18)30-26(32)25-22(28)5-4-6-23(25)29/h4-12,15H,2-3,13-14,16H2,1H3,(H,30,32). The van der Waals surface area contributed by atoms with Crippen molar-refractivity contribution in [3.05, 3.63) is 89.0 Å². The first-order valence-corrected chi connectivity index (χ1v) is 11.2. The van der Waals surface area contributed by atoms with E-state index in [1.165, 1.54) is 18.9 Å². The Morgan fingerprint density at radius 3 is 2.33 bits per heavy atom. The predicted octanol–water partition coefficient (Wildman–Crippen LogP) is 6.63. The average molecular weight is 446 g/mol. The van der Waals surface area contributed by atoms with E-state index >= 15 is 0 Å². The molecule has 0 radical (unpaired) electrons. The average Bonchev–Trinajstić information content (AvgIpc) is 3.44. The molecule has 1 N–H and O–H groups in total. The summed E-state index contributed by atoms with van der Waals surface area (Å²) in [6, 6.07) is 16.8. The van der Waals surface area contributed by atoms with Gasteiger partial charge in [-0.15, -0.1) is 0 Å². The molecule has 6 heteroatoms. The van der Waals surface area contributed by atoms with Gasteiger partial charge in [0.2, 0.25) is 0 Å². The Kier molecular flexibility index (Phi) is 5.44. The van der Waals surface area contributed by atoms with Gasteiger partial charge in [-0.1, -0.05) is 35.5 Å². The fourth-order valence-corrected chi connectivity index (χ4v) is 4.72. The Balaban J connectivity index is 1.35. The van der Waals surface area contributed by atoms with E-state index in [-0.39, 0.29) is 5.60 Å². The van der Waals surface area contributed by atoms with Gasteiger partial charge in [-0.05, 0) is 79.6 Å². The lowest BCUT2D eigenvalue weighted by Gasteiger charge is -2.19. The van der Waals surface area contributed by atoms with Gasteiger partial charge in [0, 0.05) is 17.7 Å². The number of halogens is 2. The largest absolute Gasteiger partial charge is 0.389 e. The summed E-state index contributed by atoms with van der Waals surface area (Å²) < 4.78 is 27.8. The monoisotopic (exact) mass is 446 g/mol. The van der Waals surface area contributed by atoms with E-state index in [1.807, 2.05) is 19.1 Å². The zero-order chi connectivity index (χ0) is 23.0. The minimum Gasteiger partial charge on any atom is -0.389 e. The number of hydrogen-bond acceptors (Lipinski definition) is 3. The summed E-state index contributed by atoms with van der Waals surface area (Å²) in [6.45, 7) is 2.04. The number of rotatable bonds is 4. The number of amides is 1. The molecule has 1 aliphatic carbocycles. The van der Waals surface area contributed by atoms with E-state index < -0.39 is 23.1 Å². The highest BCUT2D eigenvalue weighted by Crippen LogP contribution is 2.41. The van der Waals surface area contributed by atoms with Gasteiger partial charge < -0.3 is 10.2 Å². The van der Waals surface area contributed by atoms with Crippen LogP contribution in [-0.4, -0.2) is 17.2 Å². The summed E-state index contributed by atoms with van der Waals surface area (Å²) in [5, 5.41) is 6.97. The number of benzene rings is 3. The van der Waals surface area contributed by atoms with Crippen LogP contribution in [0.3, 0.4) is 0 Å². The zero-order valence-corrected chi connectivity index (χ0v) is 18.3. The second-order valence-corrected chi connectivity index (χ2v) is 8.85. The summed E-state index contributed by atoms with van der Waals surface area (Å²) in [5.41, 5.74) is 4.92. The maximum Gasteiger partial charge on any atom is 0.261 e. The normalized spacial score (nSPS) is 16.5. The van der Waals surface area contributed by atoms with Crippen molar-refractivity contribution in [1.82, 2.24) is 0 Å². The number of hydrogen-bond donors (Lipinski definition) is 1. The van der Waals surface area contributed by atoms with Gasteiger partial charge in [-0.25, -0.2) is 8.78 Å². The first kappa shape index (κ1) is 21.3. The molecule has 0 saturated heterocycles. The van der Waals surface area contributed by atoms with Crippen LogP contribution >= 0.6 is 0 Å². The van der Waals surface area contributed by atoms with Gasteiger partial charge in [-0.3, -0.25) is 4.79 Å². The molecule has 1 spiro atoms. The Morgan fingerprint density at radius 1 is 0.970 bits per heavy atom. The van der Waals surface area contributed by atoms with Crippen molar-refractivity contribution in [2.75, 3.05) is 5.32 Å². The summed E-state index contributed by atoms with van der Waals surface area (Å²) in [6.07, 6.45) is 5.33. The maximum atomic E-state index is 13.9. The molecular formula is C27H24F2N2O2. The van der Waals surface area contributed by atoms with Crippen LogP contribution in [0, 0.1) is 18.6 Å². The Bertz CT molecular complexity index is 1230. The van der Waals surface area contributed by atoms with Crippen molar-refractivity contribution < 1.29 is 18.4 Å². The molecule has 5 rings (SSSR count). The number of nitrogens with one attached hydrogen (secondary N) is 1. The van der Waals surface area contributed by atoms with Crippen LogP contribution in [0.4, 0.5) is 14.5 Å². The van der Waals surface area contributed by atoms with Crippen molar-refractivity contribution in [2.45, 2.75) is 44.6 Å². The molecule has 2 aliphatic rings. The molecule has 1 saturated carbocycles. The molecule has 1 fully saturated rings. The van der Waals surface area contributed by atoms with E-state index in [0.717, 1.165) is 59.4 Å². The smallest absolute Gasteiger partial charge is 0.261 e. The number of anilines is 1. The molecular weight excluding hydrogens is 422 g/mol. The van der Waals surface area contributed by atoms with Gasteiger partial charge in [0.1, 0.15) is 22.8 Å². The fraction of sp³-hybridized carbons (Fsp3) is 0.259. The summed E-state index contributed by atoms with van der Waals surface area (Å²) >= 11 is 0. The number of aryl methyl sites for hydroxylation is 1. The van der Waals surface area contributed by atoms with Crippen LogP contribution in [0.5, 0.6) is 0 Å². The fourth-order valence-electron chi connectivity index (χ4n) is 4.72. The number of nitrogens with zero attached hydrogens (tertiary/aromatic N) is 1. The lowest BCUT2D eigenvalue weighted by Crippen LogP contribution is -2.24. The Hall–Kier alpha value is -3.54. The second-order valence-electron chi connectivity index (χ2n) is 8.85. The van der Waals surface area contributed by atoms with Gasteiger partial charge in [0.05, 0.1) is 5.71 Å². The van der Waals surface area contributed by atoms with Crippen molar-refractivity contribution in [2.24, 2.45) is 5.16 Å². The van der Waals surface area contributed by atoms with Crippen LogP contribution in [0.25, 0.3) is 11.1 Å². The van der Waals surface area contributed by atoms with E-state index in [0.29, 0.717) is 5.69 Å². The summed E-state index contributed by atoms with van der Waals surface area (Å²) in [7, 11) is 0. The molecule has 1 amide bonds. The molecule has 0 unspecified atom stereocenters. The molecule has 168 valence electrons.